The van der Waals surface area contributed by atoms with Gasteiger partial charge in [-0.05, 0) is 25.7 Å². The number of carbonyl (C=O) groups is 1. The van der Waals surface area contributed by atoms with Crippen LogP contribution in [-0.2, 0) is 11.8 Å². The Kier molecular flexibility index (Phi) is 4.71. The molecule has 2 aliphatic carbocycles. The first kappa shape index (κ1) is 16.9. The molecule has 2 amide bonds. The first-order chi connectivity index (χ1) is 12.2. The number of nitrogens with one attached hydrogen (secondary N) is 1. The van der Waals surface area contributed by atoms with E-state index in [9.17, 15) is 4.79 Å². The highest BCUT2D eigenvalue weighted by molar-refractivity contribution is 5.90. The molecule has 3 fully saturated rings. The van der Waals surface area contributed by atoms with E-state index in [0.717, 1.165) is 24.5 Å². The van der Waals surface area contributed by atoms with Crippen molar-refractivity contribution in [2.75, 3.05) is 31.6 Å². The predicted molar refractivity (Wildman–Crippen MR) is 96.7 cm³/mol. The van der Waals surface area contributed by atoms with Crippen molar-refractivity contribution in [3.8, 4) is 0 Å². The van der Waals surface area contributed by atoms with Crippen molar-refractivity contribution in [1.29, 1.82) is 0 Å². The van der Waals surface area contributed by atoms with E-state index < -0.39 is 0 Å². The molecule has 25 heavy (non-hydrogen) atoms. The molecule has 0 bridgehead atoms. The smallest absolute Gasteiger partial charge is 0.322 e. The molecule has 4 rings (SSSR count). The Morgan fingerprint density at radius 3 is 2.80 bits per heavy atom. The Bertz CT molecular complexity index is 617. The topological polar surface area (TPSA) is 59.4 Å². The molecule has 1 spiro atoms. The number of nitrogens with zero attached hydrogens (tertiary/aromatic N) is 3. The third kappa shape index (κ3) is 3.54. The maximum absolute atomic E-state index is 12.9. The van der Waals surface area contributed by atoms with Crippen molar-refractivity contribution in [3.63, 3.8) is 0 Å². The highest BCUT2D eigenvalue weighted by atomic mass is 16.5. The fraction of sp³-hybridized carbons (Fsp3) is 0.789. The van der Waals surface area contributed by atoms with Crippen molar-refractivity contribution in [1.82, 2.24) is 14.7 Å². The lowest BCUT2D eigenvalue weighted by Crippen LogP contribution is -2.46. The first-order valence-electron chi connectivity index (χ1n) is 9.82. The minimum absolute atomic E-state index is 0.00170. The molecule has 2 heterocycles. The number of ether oxygens (including phenoxy) is 1. The van der Waals surface area contributed by atoms with Crippen LogP contribution in [0.25, 0.3) is 0 Å². The average molecular weight is 346 g/mol. The van der Waals surface area contributed by atoms with Gasteiger partial charge >= 0.3 is 6.03 Å². The number of anilines is 1. The minimum Gasteiger partial charge on any atom is -0.379 e. The highest BCUT2D eigenvalue weighted by Crippen LogP contribution is 2.43. The van der Waals surface area contributed by atoms with Gasteiger partial charge in [0.15, 0.2) is 0 Å². The maximum Gasteiger partial charge on any atom is 0.322 e. The van der Waals surface area contributed by atoms with Crippen LogP contribution >= 0.6 is 0 Å². The van der Waals surface area contributed by atoms with Crippen LogP contribution in [0.4, 0.5) is 10.5 Å². The summed E-state index contributed by atoms with van der Waals surface area (Å²) in [6.45, 7) is 2.93. The quantitative estimate of drug-likeness (QED) is 0.891. The summed E-state index contributed by atoms with van der Waals surface area (Å²) in [4.78, 5) is 14.9. The monoisotopic (exact) mass is 346 g/mol. The lowest BCUT2D eigenvalue weighted by atomic mass is 9.69. The Morgan fingerprint density at radius 2 is 2.08 bits per heavy atom. The van der Waals surface area contributed by atoms with Crippen molar-refractivity contribution in [2.24, 2.45) is 12.5 Å². The molecule has 138 valence electrons. The molecule has 3 aliphatic rings. The first-order valence-corrected chi connectivity index (χ1v) is 9.82. The lowest BCUT2D eigenvalue weighted by molar-refractivity contribution is 0.0130. The third-order valence-corrected chi connectivity index (χ3v) is 6.23. The molecule has 6 heteroatoms. The summed E-state index contributed by atoms with van der Waals surface area (Å²) in [7, 11) is 1.94. The average Bonchev–Trinajstić information content (AvgIpc) is 2.82. The van der Waals surface area contributed by atoms with Crippen LogP contribution in [0.2, 0.25) is 0 Å². The molecule has 1 aromatic heterocycles. The second-order valence-corrected chi connectivity index (χ2v) is 8.19. The van der Waals surface area contributed by atoms with Crippen LogP contribution in [0.1, 0.15) is 63.0 Å². The molecule has 1 aromatic rings. The predicted octanol–water partition coefficient (Wildman–Crippen LogP) is 3.50. The van der Waals surface area contributed by atoms with Gasteiger partial charge in [0, 0.05) is 37.7 Å². The molecular formula is C19H30N4O2. The number of amides is 2. The van der Waals surface area contributed by atoms with E-state index in [1.807, 2.05) is 22.8 Å². The van der Waals surface area contributed by atoms with Gasteiger partial charge in [-0.2, -0.15) is 5.10 Å². The number of aryl methyl sites for hydroxylation is 1. The minimum atomic E-state index is 0.00170. The molecule has 0 unspecified atom stereocenters. The fourth-order valence-corrected chi connectivity index (χ4v) is 4.62. The van der Waals surface area contributed by atoms with Gasteiger partial charge in [-0.3, -0.25) is 4.68 Å². The van der Waals surface area contributed by atoms with Crippen LogP contribution in [0.5, 0.6) is 0 Å². The third-order valence-electron chi connectivity index (χ3n) is 6.23. The number of hydrogen-bond acceptors (Lipinski definition) is 3. The van der Waals surface area contributed by atoms with E-state index in [2.05, 4.69) is 10.4 Å². The van der Waals surface area contributed by atoms with Crippen molar-refractivity contribution in [2.45, 2.75) is 57.3 Å². The SMILES string of the molecule is Cn1cc(NC(=O)N2CCOCC3(CCC3)C2)c(C2CCCCC2)n1. The van der Waals surface area contributed by atoms with E-state index in [-0.39, 0.29) is 11.4 Å². The second-order valence-electron chi connectivity index (χ2n) is 8.19. The van der Waals surface area contributed by atoms with Crippen LogP contribution in [0.15, 0.2) is 6.20 Å². The fourth-order valence-electron chi connectivity index (χ4n) is 4.62. The molecule has 2 saturated carbocycles. The number of hydrogen-bond donors (Lipinski definition) is 1. The summed E-state index contributed by atoms with van der Waals surface area (Å²) in [5.74, 6) is 0.482. The van der Waals surface area contributed by atoms with Gasteiger partial charge in [0.2, 0.25) is 0 Å². The molecule has 0 radical (unpaired) electrons. The molecule has 0 aromatic carbocycles. The Hall–Kier alpha value is -1.56. The van der Waals surface area contributed by atoms with Crippen molar-refractivity contribution < 1.29 is 9.53 Å². The molecule has 0 atom stereocenters. The van der Waals surface area contributed by atoms with E-state index in [1.54, 1.807) is 0 Å². The van der Waals surface area contributed by atoms with Crippen LogP contribution in [0, 0.1) is 5.41 Å². The summed E-state index contributed by atoms with van der Waals surface area (Å²) in [5, 5.41) is 7.83. The zero-order chi connectivity index (χ0) is 17.3. The molecule has 1 N–H and O–H groups in total. The van der Waals surface area contributed by atoms with Gasteiger partial charge in [0.1, 0.15) is 0 Å². The van der Waals surface area contributed by atoms with Crippen LogP contribution in [-0.4, -0.2) is 47.0 Å². The van der Waals surface area contributed by atoms with Gasteiger partial charge < -0.3 is 15.0 Å². The number of carbonyl (C=O) groups excluding carboxylic acids is 1. The molecule has 1 saturated heterocycles. The van der Waals surface area contributed by atoms with Crippen LogP contribution < -0.4 is 5.32 Å². The molecular weight excluding hydrogens is 316 g/mol. The lowest BCUT2D eigenvalue weighted by Gasteiger charge is -2.42. The zero-order valence-electron chi connectivity index (χ0n) is 15.3. The summed E-state index contributed by atoms with van der Waals surface area (Å²) in [6.07, 6.45) is 11.8. The largest absolute Gasteiger partial charge is 0.379 e. The van der Waals surface area contributed by atoms with Crippen molar-refractivity contribution >= 4 is 11.7 Å². The van der Waals surface area contributed by atoms with Gasteiger partial charge in [-0.15, -0.1) is 0 Å². The summed E-state index contributed by atoms with van der Waals surface area (Å²) >= 11 is 0. The molecule has 1 aliphatic heterocycles. The summed E-state index contributed by atoms with van der Waals surface area (Å²) in [6, 6.07) is 0.00170. The van der Waals surface area contributed by atoms with Gasteiger partial charge in [0.25, 0.3) is 0 Å². The highest BCUT2D eigenvalue weighted by Gasteiger charge is 2.41. The number of urea groups is 1. The van der Waals surface area contributed by atoms with Gasteiger partial charge in [-0.25, -0.2) is 4.79 Å². The normalized spacial score (nSPS) is 24.0. The van der Waals surface area contributed by atoms with Crippen LogP contribution in [0.3, 0.4) is 0 Å². The Morgan fingerprint density at radius 1 is 1.28 bits per heavy atom. The van der Waals surface area contributed by atoms with E-state index in [0.29, 0.717) is 19.1 Å². The number of rotatable bonds is 2. The van der Waals surface area contributed by atoms with E-state index in [1.165, 1.54) is 51.4 Å². The summed E-state index contributed by atoms with van der Waals surface area (Å²) in [5.41, 5.74) is 2.17. The summed E-state index contributed by atoms with van der Waals surface area (Å²) < 4.78 is 7.60. The standard InChI is InChI=1S/C19H30N4O2/c1-22-12-16(17(21-22)15-6-3-2-4-7-15)20-18(24)23-10-11-25-14-19(13-23)8-5-9-19/h12,15H,2-11,13-14H2,1H3,(H,20,24). The van der Waals surface area contributed by atoms with E-state index in [4.69, 9.17) is 4.74 Å². The van der Waals surface area contributed by atoms with Gasteiger partial charge in [-0.1, -0.05) is 25.7 Å². The molecule has 6 nitrogen and oxygen atoms in total. The van der Waals surface area contributed by atoms with Crippen molar-refractivity contribution in [3.05, 3.63) is 11.9 Å². The Labute approximate surface area is 149 Å². The number of aromatic nitrogens is 2. The van der Waals surface area contributed by atoms with E-state index >= 15 is 0 Å². The Balaban J connectivity index is 1.46. The zero-order valence-corrected chi connectivity index (χ0v) is 15.3. The maximum atomic E-state index is 12.9. The second kappa shape index (κ2) is 6.98. The van der Waals surface area contributed by atoms with Gasteiger partial charge in [0.05, 0.1) is 24.6 Å².